The number of ether oxygens (including phenoxy) is 1. The Balaban J connectivity index is 1.50. The number of nitrogens with one attached hydrogen (secondary N) is 1. The zero-order chi connectivity index (χ0) is 26.6. The molecule has 1 aliphatic heterocycles. The van der Waals surface area contributed by atoms with Gasteiger partial charge in [0.05, 0.1) is 25.5 Å². The minimum Gasteiger partial charge on any atom is -0.468 e. The van der Waals surface area contributed by atoms with Gasteiger partial charge in [0.2, 0.25) is 0 Å². The van der Waals surface area contributed by atoms with Crippen molar-refractivity contribution < 1.29 is 9.15 Å². The van der Waals surface area contributed by atoms with E-state index >= 15 is 0 Å². The van der Waals surface area contributed by atoms with Crippen molar-refractivity contribution in [3.8, 4) is 0 Å². The van der Waals surface area contributed by atoms with Gasteiger partial charge in [-0.15, -0.1) is 5.10 Å². The van der Waals surface area contributed by atoms with Crippen LogP contribution in [0.25, 0.3) is 10.9 Å². The number of rotatable bonds is 10. The minimum absolute atomic E-state index is 0.0440. The molecule has 2 aromatic carbocycles. The Kier molecular flexibility index (Phi) is 7.33. The van der Waals surface area contributed by atoms with E-state index in [1.165, 1.54) is 5.56 Å². The van der Waals surface area contributed by atoms with Crippen LogP contribution in [0.2, 0.25) is 0 Å². The van der Waals surface area contributed by atoms with Crippen LogP contribution in [0.5, 0.6) is 0 Å². The Hall–Kier alpha value is -4.08. The molecule has 2 atom stereocenters. The molecule has 1 aliphatic rings. The van der Waals surface area contributed by atoms with E-state index in [4.69, 9.17) is 9.15 Å². The third kappa shape index (κ3) is 5.55. The number of aryl methyl sites for hydroxylation is 1. The molecule has 5 aromatic rings. The van der Waals surface area contributed by atoms with Crippen molar-refractivity contribution in [1.82, 2.24) is 30.1 Å². The van der Waals surface area contributed by atoms with Crippen LogP contribution in [-0.2, 0) is 30.8 Å². The number of fused-ring (bicyclic) bond motifs is 1. The zero-order valence-corrected chi connectivity index (χ0v) is 22.0. The second-order valence-corrected chi connectivity index (χ2v) is 10.1. The highest BCUT2D eigenvalue weighted by molar-refractivity contribution is 5.80. The largest absolute Gasteiger partial charge is 0.468 e. The number of furan rings is 1. The molecule has 39 heavy (non-hydrogen) atoms. The van der Waals surface area contributed by atoms with E-state index in [-0.39, 0.29) is 11.7 Å². The molecule has 9 heteroatoms. The second-order valence-electron chi connectivity index (χ2n) is 10.1. The molecule has 1 saturated heterocycles. The average molecular weight is 525 g/mol. The average Bonchev–Trinajstić information content (AvgIpc) is 3.75. The van der Waals surface area contributed by atoms with E-state index in [0.717, 1.165) is 48.1 Å². The monoisotopic (exact) mass is 524 g/mol. The van der Waals surface area contributed by atoms with Crippen molar-refractivity contribution >= 4 is 10.9 Å². The summed E-state index contributed by atoms with van der Waals surface area (Å²) in [5.74, 6) is 1.39. The first-order valence-corrected chi connectivity index (χ1v) is 13.5. The molecule has 0 aliphatic carbocycles. The number of tetrazole rings is 1. The van der Waals surface area contributed by atoms with Crippen LogP contribution in [0.4, 0.5) is 0 Å². The quantitative estimate of drug-likeness (QED) is 0.284. The van der Waals surface area contributed by atoms with E-state index in [9.17, 15) is 4.79 Å². The van der Waals surface area contributed by atoms with E-state index in [1.807, 2.05) is 42.5 Å². The highest BCUT2D eigenvalue weighted by atomic mass is 16.5. The van der Waals surface area contributed by atoms with Crippen molar-refractivity contribution in [2.75, 3.05) is 6.61 Å². The van der Waals surface area contributed by atoms with E-state index in [2.05, 4.69) is 56.6 Å². The fourth-order valence-electron chi connectivity index (χ4n) is 5.37. The summed E-state index contributed by atoms with van der Waals surface area (Å²) in [6, 6.07) is 21.6. The SMILES string of the molecule is CCc1ccc2[nH]c(=O)c([C@@H](c3nnnn3C[C@H]3CCCO3)N(Cc3ccccc3)Cc3ccco3)cc2c1. The van der Waals surface area contributed by atoms with E-state index < -0.39 is 6.04 Å². The van der Waals surface area contributed by atoms with Crippen LogP contribution < -0.4 is 5.56 Å². The standard InChI is InChI=1S/C30H32N6O3/c1-2-21-12-13-27-23(16-21)17-26(30(37)31-27)28(29-32-33-34-36(29)20-25-11-7-15-39-25)35(19-24-10-6-14-38-24)18-22-8-4-3-5-9-22/h3-6,8-10,12-14,16-17,25,28H,2,7,11,15,18-20H2,1H3,(H,31,37)/t25-,28+/m1/s1. The van der Waals surface area contributed by atoms with Gasteiger partial charge < -0.3 is 14.1 Å². The maximum Gasteiger partial charge on any atom is 0.253 e. The van der Waals surface area contributed by atoms with Crippen molar-refractivity contribution in [1.29, 1.82) is 0 Å². The molecular weight excluding hydrogens is 492 g/mol. The molecule has 0 saturated carbocycles. The van der Waals surface area contributed by atoms with Gasteiger partial charge in [-0.1, -0.05) is 43.3 Å². The van der Waals surface area contributed by atoms with Crippen LogP contribution >= 0.6 is 0 Å². The highest BCUT2D eigenvalue weighted by Gasteiger charge is 2.32. The Morgan fingerprint density at radius 3 is 2.74 bits per heavy atom. The fourth-order valence-corrected chi connectivity index (χ4v) is 5.37. The summed E-state index contributed by atoms with van der Waals surface area (Å²) in [5, 5.41) is 13.9. The lowest BCUT2D eigenvalue weighted by atomic mass is 10.0. The predicted molar refractivity (Wildman–Crippen MR) is 147 cm³/mol. The summed E-state index contributed by atoms with van der Waals surface area (Å²) < 4.78 is 13.5. The third-order valence-electron chi connectivity index (χ3n) is 7.38. The summed E-state index contributed by atoms with van der Waals surface area (Å²) in [7, 11) is 0. The number of hydrogen-bond acceptors (Lipinski definition) is 7. The number of aromatic amines is 1. The van der Waals surface area contributed by atoms with Gasteiger partial charge in [-0.25, -0.2) is 4.68 Å². The van der Waals surface area contributed by atoms with Gasteiger partial charge in [-0.2, -0.15) is 0 Å². The normalized spacial score (nSPS) is 16.3. The lowest BCUT2D eigenvalue weighted by molar-refractivity contribution is 0.0901. The number of H-pyrrole nitrogens is 1. The van der Waals surface area contributed by atoms with Crippen LogP contribution in [0.15, 0.2) is 82.2 Å². The minimum atomic E-state index is -0.537. The highest BCUT2D eigenvalue weighted by Crippen LogP contribution is 2.31. The number of pyridine rings is 1. The molecule has 3 aromatic heterocycles. The van der Waals surface area contributed by atoms with Gasteiger partial charge in [-0.05, 0) is 76.5 Å². The summed E-state index contributed by atoms with van der Waals surface area (Å²) in [6.07, 6.45) is 4.60. The van der Waals surface area contributed by atoms with Crippen molar-refractivity contribution in [2.45, 2.75) is 58.0 Å². The molecule has 6 rings (SSSR count). The van der Waals surface area contributed by atoms with Crippen molar-refractivity contribution in [2.24, 2.45) is 0 Å². The Morgan fingerprint density at radius 1 is 1.08 bits per heavy atom. The maximum atomic E-state index is 13.7. The first-order chi connectivity index (χ1) is 19.2. The number of aromatic nitrogens is 5. The smallest absolute Gasteiger partial charge is 0.253 e. The van der Waals surface area contributed by atoms with Gasteiger partial charge in [0, 0.05) is 24.2 Å². The molecule has 0 bridgehead atoms. The molecule has 4 heterocycles. The van der Waals surface area contributed by atoms with Gasteiger partial charge in [0.1, 0.15) is 11.8 Å². The van der Waals surface area contributed by atoms with Crippen LogP contribution in [0, 0.1) is 0 Å². The Morgan fingerprint density at radius 2 is 1.97 bits per heavy atom. The molecule has 0 spiro atoms. The Bertz CT molecular complexity index is 1570. The van der Waals surface area contributed by atoms with Gasteiger partial charge in [-0.3, -0.25) is 9.69 Å². The topological polar surface area (TPSA) is 102 Å². The first-order valence-electron chi connectivity index (χ1n) is 13.5. The molecule has 9 nitrogen and oxygen atoms in total. The predicted octanol–water partition coefficient (Wildman–Crippen LogP) is 4.64. The third-order valence-corrected chi connectivity index (χ3v) is 7.38. The van der Waals surface area contributed by atoms with E-state index in [1.54, 1.807) is 10.9 Å². The molecule has 1 fully saturated rings. The summed E-state index contributed by atoms with van der Waals surface area (Å²) in [4.78, 5) is 19.0. The lowest BCUT2D eigenvalue weighted by Crippen LogP contribution is -2.35. The fraction of sp³-hybridized carbons (Fsp3) is 0.333. The van der Waals surface area contributed by atoms with Crippen LogP contribution in [0.3, 0.4) is 0 Å². The van der Waals surface area contributed by atoms with Crippen LogP contribution in [0.1, 0.15) is 54.1 Å². The zero-order valence-electron chi connectivity index (χ0n) is 22.0. The van der Waals surface area contributed by atoms with Gasteiger partial charge >= 0.3 is 0 Å². The van der Waals surface area contributed by atoms with Crippen molar-refractivity contribution in [3.63, 3.8) is 0 Å². The van der Waals surface area contributed by atoms with E-state index in [0.29, 0.717) is 31.0 Å². The lowest BCUT2D eigenvalue weighted by Gasteiger charge is -2.30. The Labute approximate surface area is 226 Å². The number of nitrogens with zero attached hydrogens (tertiary/aromatic N) is 5. The summed E-state index contributed by atoms with van der Waals surface area (Å²) >= 11 is 0. The molecule has 0 amide bonds. The van der Waals surface area contributed by atoms with Crippen LogP contribution in [-0.4, -0.2) is 42.8 Å². The summed E-state index contributed by atoms with van der Waals surface area (Å²) in [5.41, 5.74) is 3.54. The molecular formula is C30H32N6O3. The number of hydrogen-bond donors (Lipinski definition) is 1. The summed E-state index contributed by atoms with van der Waals surface area (Å²) in [6.45, 7) is 4.43. The van der Waals surface area contributed by atoms with Gasteiger partial charge in [0.15, 0.2) is 5.82 Å². The molecule has 200 valence electrons. The molecule has 0 unspecified atom stereocenters. The maximum absolute atomic E-state index is 13.7. The van der Waals surface area contributed by atoms with Crippen molar-refractivity contribution in [3.05, 3.63) is 112 Å². The second kappa shape index (κ2) is 11.3. The first kappa shape index (κ1) is 25.2. The number of benzene rings is 2. The molecule has 0 radical (unpaired) electrons. The molecule has 1 N–H and O–H groups in total. The van der Waals surface area contributed by atoms with Gasteiger partial charge in [0.25, 0.3) is 5.56 Å².